The first-order chi connectivity index (χ1) is 10.3. The Morgan fingerprint density at radius 3 is 2.86 bits per heavy atom. The molecule has 5 nitrogen and oxygen atoms in total. The second-order valence-corrected chi connectivity index (χ2v) is 5.20. The van der Waals surface area contributed by atoms with Crippen LogP contribution in [0.3, 0.4) is 0 Å². The SMILES string of the molecule is C=C1NC=Nc2cc(OCC)c(OC3CCNCC3)cc21. The topological polar surface area (TPSA) is 54.9 Å². The second-order valence-electron chi connectivity index (χ2n) is 5.20. The van der Waals surface area contributed by atoms with Gasteiger partial charge >= 0.3 is 0 Å². The van der Waals surface area contributed by atoms with Crippen LogP contribution in [0.2, 0.25) is 0 Å². The smallest absolute Gasteiger partial charge is 0.163 e. The highest BCUT2D eigenvalue weighted by atomic mass is 16.5. The first-order valence-corrected chi connectivity index (χ1v) is 7.44. The van der Waals surface area contributed by atoms with Crippen molar-refractivity contribution in [3.8, 4) is 11.5 Å². The van der Waals surface area contributed by atoms with Crippen molar-refractivity contribution in [3.63, 3.8) is 0 Å². The summed E-state index contributed by atoms with van der Waals surface area (Å²) in [6.07, 6.45) is 3.91. The molecule has 0 bridgehead atoms. The molecule has 1 saturated heterocycles. The van der Waals surface area contributed by atoms with E-state index in [1.165, 1.54) is 0 Å². The van der Waals surface area contributed by atoms with Gasteiger partial charge in [-0.1, -0.05) is 6.58 Å². The molecule has 21 heavy (non-hydrogen) atoms. The lowest BCUT2D eigenvalue weighted by molar-refractivity contribution is 0.154. The van der Waals surface area contributed by atoms with Gasteiger partial charge in [0.1, 0.15) is 6.10 Å². The van der Waals surface area contributed by atoms with Crippen molar-refractivity contribution in [2.24, 2.45) is 4.99 Å². The Kier molecular flexibility index (Phi) is 4.10. The number of nitrogens with one attached hydrogen (secondary N) is 2. The first-order valence-electron chi connectivity index (χ1n) is 7.44. The maximum atomic E-state index is 6.17. The molecule has 0 radical (unpaired) electrons. The minimum Gasteiger partial charge on any atom is -0.490 e. The summed E-state index contributed by atoms with van der Waals surface area (Å²) in [4.78, 5) is 4.33. The molecule has 2 aliphatic heterocycles. The fourth-order valence-electron chi connectivity index (χ4n) is 2.61. The Hall–Kier alpha value is -2.01. The van der Waals surface area contributed by atoms with E-state index in [-0.39, 0.29) is 6.10 Å². The first kappa shape index (κ1) is 13.9. The fraction of sp³-hybridized carbons (Fsp3) is 0.438. The monoisotopic (exact) mass is 287 g/mol. The molecular formula is C16H21N3O2. The van der Waals surface area contributed by atoms with Crippen LogP contribution in [0, 0.1) is 0 Å². The zero-order valence-corrected chi connectivity index (χ0v) is 12.3. The third kappa shape index (κ3) is 3.03. The lowest BCUT2D eigenvalue weighted by atomic mass is 10.1. The lowest BCUT2D eigenvalue weighted by Gasteiger charge is -2.26. The predicted molar refractivity (Wildman–Crippen MR) is 84.5 cm³/mol. The van der Waals surface area contributed by atoms with E-state index >= 15 is 0 Å². The van der Waals surface area contributed by atoms with Gasteiger partial charge in [-0.3, -0.25) is 0 Å². The summed E-state index contributed by atoms with van der Waals surface area (Å²) in [6.45, 7) is 8.58. The summed E-state index contributed by atoms with van der Waals surface area (Å²) in [5.41, 5.74) is 2.66. The van der Waals surface area contributed by atoms with E-state index in [0.717, 1.165) is 54.4 Å². The van der Waals surface area contributed by atoms with Crippen LogP contribution in [0.5, 0.6) is 11.5 Å². The molecule has 3 rings (SSSR count). The van der Waals surface area contributed by atoms with Gasteiger partial charge in [-0.25, -0.2) is 4.99 Å². The van der Waals surface area contributed by atoms with Crippen LogP contribution in [-0.4, -0.2) is 32.1 Å². The Bertz CT molecular complexity index is 563. The number of piperidine rings is 1. The molecule has 2 N–H and O–H groups in total. The van der Waals surface area contributed by atoms with Crippen LogP contribution in [0.15, 0.2) is 23.7 Å². The van der Waals surface area contributed by atoms with E-state index in [0.29, 0.717) is 6.61 Å². The van der Waals surface area contributed by atoms with E-state index in [1.54, 1.807) is 6.34 Å². The van der Waals surface area contributed by atoms with E-state index < -0.39 is 0 Å². The van der Waals surface area contributed by atoms with Crippen LogP contribution in [0.4, 0.5) is 5.69 Å². The van der Waals surface area contributed by atoms with Gasteiger partial charge in [0.05, 0.1) is 18.6 Å². The van der Waals surface area contributed by atoms with Gasteiger partial charge in [-0.2, -0.15) is 0 Å². The van der Waals surface area contributed by atoms with Crippen molar-refractivity contribution in [1.29, 1.82) is 0 Å². The van der Waals surface area contributed by atoms with Crippen molar-refractivity contribution in [3.05, 3.63) is 24.3 Å². The summed E-state index contributed by atoms with van der Waals surface area (Å²) in [6, 6.07) is 3.91. The van der Waals surface area contributed by atoms with Gasteiger partial charge in [0.2, 0.25) is 0 Å². The molecule has 0 atom stereocenters. The minimum atomic E-state index is 0.233. The van der Waals surface area contributed by atoms with Crippen LogP contribution in [-0.2, 0) is 0 Å². The van der Waals surface area contributed by atoms with Crippen LogP contribution < -0.4 is 20.1 Å². The van der Waals surface area contributed by atoms with Gasteiger partial charge in [0, 0.05) is 17.3 Å². The van der Waals surface area contributed by atoms with E-state index in [4.69, 9.17) is 9.47 Å². The van der Waals surface area contributed by atoms with Crippen molar-refractivity contribution >= 4 is 17.7 Å². The molecule has 0 spiro atoms. The molecule has 0 unspecified atom stereocenters. The Balaban J connectivity index is 1.91. The molecule has 2 aliphatic rings. The van der Waals surface area contributed by atoms with Crippen molar-refractivity contribution in [1.82, 2.24) is 10.6 Å². The van der Waals surface area contributed by atoms with Gasteiger partial charge in [0.25, 0.3) is 0 Å². The number of fused-ring (bicyclic) bond motifs is 1. The Labute approximate surface area is 125 Å². The van der Waals surface area contributed by atoms with Gasteiger partial charge in [-0.15, -0.1) is 0 Å². The van der Waals surface area contributed by atoms with E-state index in [2.05, 4.69) is 22.2 Å². The average Bonchev–Trinajstić information content (AvgIpc) is 2.50. The average molecular weight is 287 g/mol. The third-order valence-electron chi connectivity index (χ3n) is 3.71. The van der Waals surface area contributed by atoms with E-state index in [9.17, 15) is 0 Å². The van der Waals surface area contributed by atoms with Crippen molar-refractivity contribution < 1.29 is 9.47 Å². The lowest BCUT2D eigenvalue weighted by Crippen LogP contribution is -2.34. The normalized spacial score (nSPS) is 18.0. The van der Waals surface area contributed by atoms with Gasteiger partial charge < -0.3 is 20.1 Å². The number of benzene rings is 1. The standard InChI is InChI=1S/C16H21N3O2/c1-3-20-15-9-14-13(11(2)18-10-19-14)8-16(15)21-12-4-6-17-7-5-12/h8-10,12,17H,2-7H2,1H3,(H,18,19). The highest BCUT2D eigenvalue weighted by Gasteiger charge is 2.20. The largest absolute Gasteiger partial charge is 0.490 e. The number of hydrogen-bond donors (Lipinski definition) is 2. The fourth-order valence-corrected chi connectivity index (χ4v) is 2.61. The highest BCUT2D eigenvalue weighted by molar-refractivity contribution is 5.87. The van der Waals surface area contributed by atoms with Crippen LogP contribution in [0.1, 0.15) is 25.3 Å². The van der Waals surface area contributed by atoms with Gasteiger partial charge in [-0.05, 0) is 38.9 Å². The molecule has 1 fully saturated rings. The predicted octanol–water partition coefficient (Wildman–Crippen LogP) is 2.45. The summed E-state index contributed by atoms with van der Waals surface area (Å²) >= 11 is 0. The summed E-state index contributed by atoms with van der Waals surface area (Å²) < 4.78 is 11.9. The number of nitrogens with zero attached hydrogens (tertiary/aromatic N) is 1. The summed E-state index contributed by atoms with van der Waals surface area (Å²) in [5.74, 6) is 1.53. The summed E-state index contributed by atoms with van der Waals surface area (Å²) in [5, 5.41) is 6.37. The van der Waals surface area contributed by atoms with Crippen molar-refractivity contribution in [2.45, 2.75) is 25.9 Å². The zero-order chi connectivity index (χ0) is 14.7. The molecule has 2 heterocycles. The maximum absolute atomic E-state index is 6.17. The van der Waals surface area contributed by atoms with E-state index in [1.807, 2.05) is 19.1 Å². The molecule has 1 aromatic rings. The second kappa shape index (κ2) is 6.18. The Morgan fingerprint density at radius 1 is 1.29 bits per heavy atom. The minimum absolute atomic E-state index is 0.233. The number of rotatable bonds is 4. The molecule has 112 valence electrons. The third-order valence-corrected chi connectivity index (χ3v) is 3.71. The Morgan fingerprint density at radius 2 is 2.10 bits per heavy atom. The van der Waals surface area contributed by atoms with Crippen LogP contribution >= 0.6 is 0 Å². The number of hydrogen-bond acceptors (Lipinski definition) is 5. The molecule has 0 saturated carbocycles. The molecule has 0 aromatic heterocycles. The zero-order valence-electron chi connectivity index (χ0n) is 12.3. The molecule has 0 aliphatic carbocycles. The van der Waals surface area contributed by atoms with Crippen molar-refractivity contribution in [2.75, 3.05) is 19.7 Å². The molecule has 0 amide bonds. The molecular weight excluding hydrogens is 266 g/mol. The number of aliphatic imine (C=N–C) groups is 1. The number of ether oxygens (including phenoxy) is 2. The molecule has 5 heteroatoms. The highest BCUT2D eigenvalue weighted by Crippen LogP contribution is 2.39. The summed E-state index contributed by atoms with van der Waals surface area (Å²) in [7, 11) is 0. The molecule has 1 aromatic carbocycles. The van der Waals surface area contributed by atoms with Gasteiger partial charge in [0.15, 0.2) is 11.5 Å². The maximum Gasteiger partial charge on any atom is 0.163 e. The van der Waals surface area contributed by atoms with Crippen LogP contribution in [0.25, 0.3) is 5.70 Å². The quantitative estimate of drug-likeness (QED) is 0.893.